The van der Waals surface area contributed by atoms with Crippen LogP contribution in [0.5, 0.6) is 0 Å². The predicted molar refractivity (Wildman–Crippen MR) is 67.1 cm³/mol. The summed E-state index contributed by atoms with van der Waals surface area (Å²) in [6.45, 7) is 5.67. The highest BCUT2D eigenvalue weighted by Crippen LogP contribution is 2.21. The second kappa shape index (κ2) is 5.00. The fourth-order valence-corrected chi connectivity index (χ4v) is 3.55. The van der Waals surface area contributed by atoms with Crippen molar-refractivity contribution < 1.29 is 8.42 Å². The Bertz CT molecular complexity index is 511. The normalized spacial score (nSPS) is 20.0. The minimum absolute atomic E-state index is 0.346. The third-order valence-electron chi connectivity index (χ3n) is 2.78. The Morgan fingerprint density at radius 1 is 1.41 bits per heavy atom. The summed E-state index contributed by atoms with van der Waals surface area (Å²) in [5, 5.41) is 3.23. The molecule has 92 valence electrons. The smallest absolute Gasteiger partial charge is 0.243 e. The van der Waals surface area contributed by atoms with E-state index in [0.29, 0.717) is 31.1 Å². The predicted octanol–water partition coefficient (Wildman–Crippen LogP) is 0.966. The second-order valence-corrected chi connectivity index (χ2v) is 5.84. The number of rotatable bonds is 2. The summed E-state index contributed by atoms with van der Waals surface area (Å²) in [6.07, 6.45) is 1.61. The average molecular weight is 252 g/mol. The van der Waals surface area contributed by atoms with Gasteiger partial charge in [0.25, 0.3) is 0 Å². The van der Waals surface area contributed by atoms with Crippen LogP contribution in [-0.4, -0.2) is 32.4 Å². The summed E-state index contributed by atoms with van der Waals surface area (Å²) >= 11 is 0. The highest BCUT2D eigenvalue weighted by atomic mass is 32.2. The first kappa shape index (κ1) is 12.3. The van der Waals surface area contributed by atoms with E-state index >= 15 is 0 Å². The van der Waals surface area contributed by atoms with Crippen molar-refractivity contribution >= 4 is 10.0 Å². The van der Waals surface area contributed by atoms with E-state index in [-0.39, 0.29) is 0 Å². The Kier molecular flexibility index (Phi) is 3.61. The fourth-order valence-electron chi connectivity index (χ4n) is 1.92. The molecule has 5 heteroatoms. The Balaban J connectivity index is 2.50. The van der Waals surface area contributed by atoms with Crippen LogP contribution in [-0.2, 0) is 16.6 Å². The zero-order valence-electron chi connectivity index (χ0n) is 9.59. The van der Waals surface area contributed by atoms with Gasteiger partial charge in [0.05, 0.1) is 4.90 Å². The van der Waals surface area contributed by atoms with E-state index in [9.17, 15) is 8.42 Å². The maximum atomic E-state index is 12.4. The van der Waals surface area contributed by atoms with Crippen LogP contribution in [0.4, 0.5) is 0 Å². The van der Waals surface area contributed by atoms with E-state index in [1.54, 1.807) is 18.2 Å². The quantitative estimate of drug-likeness (QED) is 0.798. The van der Waals surface area contributed by atoms with E-state index in [1.165, 1.54) is 4.31 Å². The average Bonchev–Trinajstić information content (AvgIpc) is 2.32. The molecule has 0 amide bonds. The van der Waals surface area contributed by atoms with Gasteiger partial charge >= 0.3 is 0 Å². The fraction of sp³-hybridized carbons (Fsp3) is 0.333. The summed E-state index contributed by atoms with van der Waals surface area (Å²) in [4.78, 5) is 0.397. The molecular weight excluding hydrogens is 236 g/mol. The molecule has 2 rings (SSSR count). The molecule has 1 N–H and O–H groups in total. The molecule has 1 aliphatic rings. The SMILES string of the molecule is C=CCN1CCNCc2ccccc2S1(=O)=O. The monoisotopic (exact) mass is 252 g/mol. The third-order valence-corrected chi connectivity index (χ3v) is 4.74. The maximum absolute atomic E-state index is 12.4. The summed E-state index contributed by atoms with van der Waals surface area (Å²) in [5.74, 6) is 0. The lowest BCUT2D eigenvalue weighted by Gasteiger charge is -2.25. The van der Waals surface area contributed by atoms with Gasteiger partial charge in [-0.05, 0) is 11.6 Å². The van der Waals surface area contributed by atoms with Crippen molar-refractivity contribution in [3.8, 4) is 0 Å². The van der Waals surface area contributed by atoms with Gasteiger partial charge < -0.3 is 5.32 Å². The molecule has 1 aliphatic heterocycles. The van der Waals surface area contributed by atoms with Crippen molar-refractivity contribution in [3.63, 3.8) is 0 Å². The molecule has 4 nitrogen and oxygen atoms in total. The van der Waals surface area contributed by atoms with E-state index in [2.05, 4.69) is 11.9 Å². The van der Waals surface area contributed by atoms with E-state index in [0.717, 1.165) is 5.56 Å². The number of benzene rings is 1. The zero-order valence-corrected chi connectivity index (χ0v) is 10.4. The first-order valence-corrected chi connectivity index (χ1v) is 7.00. The van der Waals surface area contributed by atoms with E-state index < -0.39 is 10.0 Å². The largest absolute Gasteiger partial charge is 0.311 e. The van der Waals surface area contributed by atoms with Crippen LogP contribution in [0.25, 0.3) is 0 Å². The van der Waals surface area contributed by atoms with Gasteiger partial charge in [-0.25, -0.2) is 8.42 Å². The van der Waals surface area contributed by atoms with Crippen LogP contribution in [0.1, 0.15) is 5.56 Å². The van der Waals surface area contributed by atoms with Gasteiger partial charge in [0.2, 0.25) is 10.0 Å². The maximum Gasteiger partial charge on any atom is 0.243 e. The lowest BCUT2D eigenvalue weighted by atomic mass is 10.2. The highest BCUT2D eigenvalue weighted by Gasteiger charge is 2.26. The molecule has 0 unspecified atom stereocenters. The molecule has 0 aliphatic carbocycles. The number of hydrogen-bond acceptors (Lipinski definition) is 3. The number of fused-ring (bicyclic) bond motifs is 1. The molecular formula is C12H16N2O2S. The molecule has 1 heterocycles. The van der Waals surface area contributed by atoms with Gasteiger partial charge in [0, 0.05) is 26.2 Å². The molecule has 0 fully saturated rings. The Hall–Kier alpha value is -1.17. The van der Waals surface area contributed by atoms with E-state index in [4.69, 9.17) is 0 Å². The second-order valence-electron chi connectivity index (χ2n) is 3.94. The van der Waals surface area contributed by atoms with Crippen molar-refractivity contribution in [2.75, 3.05) is 19.6 Å². The van der Waals surface area contributed by atoms with Gasteiger partial charge in [-0.15, -0.1) is 6.58 Å². The molecule has 17 heavy (non-hydrogen) atoms. The van der Waals surface area contributed by atoms with Crippen molar-refractivity contribution in [1.29, 1.82) is 0 Å². The molecule has 0 bridgehead atoms. The molecule has 0 aromatic heterocycles. The first-order chi connectivity index (χ1) is 8.16. The molecule has 0 saturated carbocycles. The molecule has 0 saturated heterocycles. The van der Waals surface area contributed by atoms with Gasteiger partial charge in [-0.1, -0.05) is 24.3 Å². The number of sulfonamides is 1. The van der Waals surface area contributed by atoms with Crippen LogP contribution < -0.4 is 5.32 Å². The summed E-state index contributed by atoms with van der Waals surface area (Å²) in [7, 11) is -3.38. The van der Waals surface area contributed by atoms with Crippen molar-refractivity contribution in [2.45, 2.75) is 11.4 Å². The minimum atomic E-state index is -3.38. The van der Waals surface area contributed by atoms with Gasteiger partial charge in [-0.3, -0.25) is 0 Å². The van der Waals surface area contributed by atoms with Crippen molar-refractivity contribution in [1.82, 2.24) is 9.62 Å². The minimum Gasteiger partial charge on any atom is -0.311 e. The Labute approximate surface area is 102 Å². The Morgan fingerprint density at radius 3 is 2.94 bits per heavy atom. The highest BCUT2D eigenvalue weighted by molar-refractivity contribution is 7.89. The van der Waals surface area contributed by atoms with Gasteiger partial charge in [-0.2, -0.15) is 4.31 Å². The number of hydrogen-bond donors (Lipinski definition) is 1. The summed E-state index contributed by atoms with van der Waals surface area (Å²) in [6, 6.07) is 7.12. The lowest BCUT2D eigenvalue weighted by Crippen LogP contribution is -2.39. The summed E-state index contributed by atoms with van der Waals surface area (Å²) < 4.78 is 26.3. The molecule has 0 atom stereocenters. The molecule has 1 aromatic carbocycles. The first-order valence-electron chi connectivity index (χ1n) is 5.56. The lowest BCUT2D eigenvalue weighted by molar-refractivity contribution is 0.424. The molecule has 0 radical (unpaired) electrons. The van der Waals surface area contributed by atoms with Crippen LogP contribution in [0.2, 0.25) is 0 Å². The van der Waals surface area contributed by atoms with Crippen LogP contribution in [0.15, 0.2) is 41.8 Å². The van der Waals surface area contributed by atoms with Crippen molar-refractivity contribution in [2.24, 2.45) is 0 Å². The van der Waals surface area contributed by atoms with Crippen LogP contribution in [0.3, 0.4) is 0 Å². The third kappa shape index (κ3) is 2.41. The van der Waals surface area contributed by atoms with Crippen molar-refractivity contribution in [3.05, 3.63) is 42.5 Å². The standard InChI is InChI=1S/C12H16N2O2S/c1-2-8-14-9-7-13-10-11-5-3-4-6-12(11)17(14,15)16/h2-6,13H,1,7-10H2. The van der Waals surface area contributed by atoms with Gasteiger partial charge in [0.1, 0.15) is 0 Å². The van der Waals surface area contributed by atoms with Crippen LogP contribution >= 0.6 is 0 Å². The number of nitrogens with zero attached hydrogens (tertiary/aromatic N) is 1. The molecule has 1 aromatic rings. The van der Waals surface area contributed by atoms with E-state index in [1.807, 2.05) is 12.1 Å². The topological polar surface area (TPSA) is 49.4 Å². The summed E-state index contributed by atoms with van der Waals surface area (Å²) in [5.41, 5.74) is 0.821. The zero-order chi connectivity index (χ0) is 12.3. The molecule has 0 spiro atoms. The Morgan fingerprint density at radius 2 is 2.18 bits per heavy atom. The number of nitrogens with one attached hydrogen (secondary N) is 1. The van der Waals surface area contributed by atoms with Crippen LogP contribution in [0, 0.1) is 0 Å². The van der Waals surface area contributed by atoms with Gasteiger partial charge in [0.15, 0.2) is 0 Å².